The molecule has 0 aliphatic carbocycles. The first kappa shape index (κ1) is 35.1. The Morgan fingerprint density at radius 3 is 2.24 bits per heavy atom. The number of hydrogen-bond donors (Lipinski definition) is 3. The number of fused-ring (bicyclic) bond motifs is 1. The van der Waals surface area contributed by atoms with Gasteiger partial charge in [0.15, 0.2) is 0 Å². The van der Waals surface area contributed by atoms with Crippen molar-refractivity contribution < 1.29 is 28.6 Å². The third-order valence-corrected chi connectivity index (χ3v) is 8.13. The van der Waals surface area contributed by atoms with Crippen LogP contribution in [0.1, 0.15) is 51.2 Å². The van der Waals surface area contributed by atoms with Crippen LogP contribution in [-0.4, -0.2) is 61.4 Å². The molecule has 0 spiro atoms. The van der Waals surface area contributed by atoms with Crippen molar-refractivity contribution in [1.29, 1.82) is 0 Å². The third kappa shape index (κ3) is 9.31. The van der Waals surface area contributed by atoms with Gasteiger partial charge >= 0.3 is 0 Å². The maximum absolute atomic E-state index is 14.2. The van der Waals surface area contributed by atoms with Crippen LogP contribution in [0.25, 0.3) is 21.9 Å². The largest absolute Gasteiger partial charge is 0.496 e. The quantitative estimate of drug-likeness (QED) is 0.250. The summed E-state index contributed by atoms with van der Waals surface area (Å²) in [6.45, 7) is 7.84. The van der Waals surface area contributed by atoms with Gasteiger partial charge in [0, 0.05) is 19.6 Å². The summed E-state index contributed by atoms with van der Waals surface area (Å²) in [6, 6.07) is 16.9. The molecule has 1 amide bonds. The van der Waals surface area contributed by atoms with Crippen molar-refractivity contribution in [3.8, 4) is 22.6 Å². The van der Waals surface area contributed by atoms with Crippen LogP contribution in [0.4, 0.5) is 4.39 Å². The number of methoxy groups -OCH3 is 2. The SMILES string of the molecule is CC1=CC=CNC1C(N)=O.CCCc1cccc2c(-c3c(OC)cc(CN4CCC(C)(F)CC4)cc3OC)cccc12.O=CO. The maximum Gasteiger partial charge on any atom is 0.290 e. The number of nitrogens with zero attached hydrogens (tertiary/aromatic N) is 1. The van der Waals surface area contributed by atoms with E-state index in [1.807, 2.05) is 19.1 Å². The van der Waals surface area contributed by atoms with E-state index < -0.39 is 5.67 Å². The lowest BCUT2D eigenvalue weighted by Gasteiger charge is -2.34. The average molecular weight is 620 g/mol. The zero-order chi connectivity index (χ0) is 33.0. The molecule has 3 aromatic carbocycles. The highest BCUT2D eigenvalue weighted by Crippen LogP contribution is 2.43. The smallest absolute Gasteiger partial charge is 0.290 e. The summed E-state index contributed by atoms with van der Waals surface area (Å²) in [4.78, 5) is 21.3. The monoisotopic (exact) mass is 619 g/mol. The average Bonchev–Trinajstić information content (AvgIpc) is 3.02. The molecule has 4 N–H and O–H groups in total. The van der Waals surface area contributed by atoms with Gasteiger partial charge in [-0.25, -0.2) is 4.39 Å². The summed E-state index contributed by atoms with van der Waals surface area (Å²) in [6.07, 6.45) is 8.75. The molecule has 2 heterocycles. The van der Waals surface area contributed by atoms with Crippen LogP contribution < -0.4 is 20.5 Å². The van der Waals surface area contributed by atoms with Crippen molar-refractivity contribution in [2.24, 2.45) is 5.73 Å². The van der Waals surface area contributed by atoms with Crippen molar-refractivity contribution in [3.63, 3.8) is 0 Å². The fourth-order valence-electron chi connectivity index (χ4n) is 5.72. The molecule has 242 valence electrons. The number of allylic oxidation sites excluding steroid dienone is 2. The second kappa shape index (κ2) is 16.6. The van der Waals surface area contributed by atoms with Crippen LogP contribution in [0, 0.1) is 0 Å². The molecule has 45 heavy (non-hydrogen) atoms. The number of primary amides is 1. The molecule has 0 saturated carbocycles. The predicted octanol–water partition coefficient (Wildman–Crippen LogP) is 6.40. The number of aryl methyl sites for hydroxylation is 1. The molecule has 2 aliphatic rings. The molecule has 3 aromatic rings. The maximum atomic E-state index is 14.2. The van der Waals surface area contributed by atoms with E-state index in [2.05, 4.69) is 65.7 Å². The van der Waals surface area contributed by atoms with Crippen LogP contribution in [-0.2, 0) is 22.6 Å². The van der Waals surface area contributed by atoms with E-state index in [-0.39, 0.29) is 18.4 Å². The van der Waals surface area contributed by atoms with E-state index in [1.165, 1.54) is 16.3 Å². The number of dihydropyridines is 1. The van der Waals surface area contributed by atoms with Crippen LogP contribution in [0.3, 0.4) is 0 Å². The van der Waals surface area contributed by atoms with E-state index in [9.17, 15) is 9.18 Å². The first-order valence-electron chi connectivity index (χ1n) is 15.2. The van der Waals surface area contributed by atoms with Crippen molar-refractivity contribution in [2.45, 2.75) is 64.7 Å². The molecule has 1 unspecified atom stereocenters. The molecule has 8 nitrogen and oxygen atoms in total. The number of hydrogen-bond acceptors (Lipinski definition) is 6. The van der Waals surface area contributed by atoms with E-state index >= 15 is 0 Å². The van der Waals surface area contributed by atoms with E-state index in [0.29, 0.717) is 12.8 Å². The summed E-state index contributed by atoms with van der Waals surface area (Å²) in [7, 11) is 3.43. The zero-order valence-corrected chi connectivity index (χ0v) is 26.9. The van der Waals surface area contributed by atoms with Gasteiger partial charge in [-0.15, -0.1) is 0 Å². The third-order valence-electron chi connectivity index (χ3n) is 8.13. The fourth-order valence-corrected chi connectivity index (χ4v) is 5.72. The van der Waals surface area contributed by atoms with Crippen LogP contribution in [0.2, 0.25) is 0 Å². The van der Waals surface area contributed by atoms with Gasteiger partial charge in [0.1, 0.15) is 23.2 Å². The number of carboxylic acid groups (broad SMARTS) is 1. The Labute approximate surface area is 265 Å². The first-order valence-corrected chi connectivity index (χ1v) is 15.2. The summed E-state index contributed by atoms with van der Waals surface area (Å²) in [5.41, 5.74) is 9.58. The van der Waals surface area contributed by atoms with Crippen LogP contribution in [0.15, 0.2) is 72.5 Å². The second-order valence-electron chi connectivity index (χ2n) is 11.5. The molecule has 1 fully saturated rings. The van der Waals surface area contributed by atoms with Gasteiger partial charge in [-0.3, -0.25) is 14.5 Å². The molecule has 9 heteroatoms. The van der Waals surface area contributed by atoms with Gasteiger partial charge in [-0.1, -0.05) is 55.8 Å². The lowest BCUT2D eigenvalue weighted by Crippen LogP contribution is -2.40. The minimum atomic E-state index is -1.04. The fraction of sp³-hybridized carbons (Fsp3) is 0.389. The van der Waals surface area contributed by atoms with E-state index in [0.717, 1.165) is 66.2 Å². The second-order valence-corrected chi connectivity index (χ2v) is 11.5. The number of ether oxygens (including phenoxy) is 2. The number of halogens is 1. The predicted molar refractivity (Wildman–Crippen MR) is 178 cm³/mol. The number of nitrogens with one attached hydrogen (secondary N) is 1. The Hall–Kier alpha value is -4.37. The minimum Gasteiger partial charge on any atom is -0.496 e. The molecule has 5 rings (SSSR count). The highest BCUT2D eigenvalue weighted by molar-refractivity contribution is 6.01. The number of benzene rings is 3. The van der Waals surface area contributed by atoms with Gasteiger partial charge in [-0.05, 0) is 90.6 Å². The Balaban J connectivity index is 0.000000356. The Morgan fingerprint density at radius 2 is 1.71 bits per heavy atom. The summed E-state index contributed by atoms with van der Waals surface area (Å²) >= 11 is 0. The Kier molecular flexibility index (Phi) is 13.0. The molecule has 0 radical (unpaired) electrons. The van der Waals surface area contributed by atoms with Crippen molar-refractivity contribution in [3.05, 3.63) is 83.6 Å². The molecule has 0 aromatic heterocycles. The minimum absolute atomic E-state index is 0.250. The van der Waals surface area contributed by atoms with Gasteiger partial charge in [0.05, 0.1) is 19.8 Å². The van der Waals surface area contributed by atoms with Gasteiger partial charge in [0.2, 0.25) is 5.91 Å². The Bertz CT molecular complexity index is 1480. The normalized spacial score (nSPS) is 17.0. The number of carbonyl (C=O) groups excluding carboxylic acids is 1. The molecule has 0 bridgehead atoms. The van der Waals surface area contributed by atoms with E-state index in [4.69, 9.17) is 25.1 Å². The van der Waals surface area contributed by atoms with Gasteiger partial charge in [0.25, 0.3) is 6.47 Å². The van der Waals surface area contributed by atoms with Gasteiger partial charge < -0.3 is 25.6 Å². The molecular weight excluding hydrogens is 573 g/mol. The van der Waals surface area contributed by atoms with E-state index in [1.54, 1.807) is 27.3 Å². The Morgan fingerprint density at radius 1 is 1.11 bits per heavy atom. The number of rotatable bonds is 8. The number of amides is 1. The van der Waals surface area contributed by atoms with Crippen molar-refractivity contribution >= 4 is 23.2 Å². The zero-order valence-electron chi connectivity index (χ0n) is 26.9. The highest BCUT2D eigenvalue weighted by Gasteiger charge is 2.29. The van der Waals surface area contributed by atoms with Crippen molar-refractivity contribution in [2.75, 3.05) is 27.3 Å². The number of alkyl halides is 1. The van der Waals surface area contributed by atoms with Crippen molar-refractivity contribution in [1.82, 2.24) is 10.2 Å². The number of carbonyl (C=O) groups is 2. The summed E-state index contributed by atoms with van der Waals surface area (Å²) in [5, 5.41) is 12.2. The summed E-state index contributed by atoms with van der Waals surface area (Å²) < 4.78 is 25.9. The molecular formula is C36H46FN3O5. The number of likely N-dealkylation sites (tertiary alicyclic amines) is 1. The topological polar surface area (TPSA) is 114 Å². The highest BCUT2D eigenvalue weighted by atomic mass is 19.1. The number of piperidine rings is 1. The summed E-state index contributed by atoms with van der Waals surface area (Å²) in [5.74, 6) is 1.28. The molecule has 2 aliphatic heterocycles. The molecule has 1 saturated heterocycles. The standard InChI is InChI=1S/C28H34FNO2.C7H10N2O.CH2O2/c1-5-8-21-9-6-11-23-22(21)10-7-12-24(23)27-25(31-3)17-20(18-26(27)32-4)19-30-15-13-28(2,29)14-16-30;1-5-3-2-4-9-6(5)7(8)10;2-1-3/h6-7,9-12,17-18H,5,8,13-16,19H2,1-4H3;2-4,6,9H,1H3,(H2,8,10);1H,(H,2,3). The van der Waals surface area contributed by atoms with Crippen LogP contribution >= 0.6 is 0 Å². The van der Waals surface area contributed by atoms with Crippen LogP contribution in [0.5, 0.6) is 11.5 Å². The first-order chi connectivity index (χ1) is 21.6. The lowest BCUT2D eigenvalue weighted by molar-refractivity contribution is -0.123. The lowest BCUT2D eigenvalue weighted by atomic mass is 9.92. The molecule has 1 atom stereocenters. The number of nitrogens with two attached hydrogens (primary N) is 1. The van der Waals surface area contributed by atoms with Gasteiger partial charge in [-0.2, -0.15) is 0 Å².